The zero-order chi connectivity index (χ0) is 28.7. The number of ether oxygens (including phenoxy) is 1. The summed E-state index contributed by atoms with van der Waals surface area (Å²) in [5, 5.41) is 13.1. The number of rotatable bonds is 2. The molecule has 0 spiro atoms. The number of halogens is 2. The third-order valence-electron chi connectivity index (χ3n) is 5.66. The van der Waals surface area contributed by atoms with Gasteiger partial charge in [-0.2, -0.15) is 0 Å². The Labute approximate surface area is 244 Å². The highest BCUT2D eigenvalue weighted by molar-refractivity contribution is 6.39. The van der Waals surface area contributed by atoms with Crippen LogP contribution in [-0.2, 0) is 21.0 Å². The molecule has 40 heavy (non-hydrogen) atoms. The Morgan fingerprint density at radius 3 is 2.52 bits per heavy atom. The van der Waals surface area contributed by atoms with Gasteiger partial charge in [-0.3, -0.25) is 14.9 Å². The van der Waals surface area contributed by atoms with Gasteiger partial charge in [0.15, 0.2) is 5.96 Å². The van der Waals surface area contributed by atoms with E-state index in [1.54, 1.807) is 19.1 Å². The predicted octanol–water partition coefficient (Wildman–Crippen LogP) is 4.40. The number of nitrogens with zero attached hydrogens (tertiary/aromatic N) is 2. The fourth-order valence-corrected chi connectivity index (χ4v) is 4.32. The first-order valence-electron chi connectivity index (χ1n) is 13.0. The molecule has 3 aliphatic rings. The van der Waals surface area contributed by atoms with Crippen LogP contribution in [0.2, 0.25) is 10.0 Å². The standard InChI is InChI=1S/C28H34Cl2N6O4/c1-2-40-36-24-16-25(37)35-28(31)33-17-19-14-22(29)27(23(30)15-19)34-26(38)18-32-12-6-4-3-5-7-13-39-21-10-8-20(24)9-11-21/h5,7-11,14-15,32H,2-4,6,12-13,16-18H2,1H3,(H,34,38)(H3,31,33,35,37)/b7-5+,36-24-. The van der Waals surface area contributed by atoms with Gasteiger partial charge in [-0.05, 0) is 74.7 Å². The van der Waals surface area contributed by atoms with Crippen molar-refractivity contribution in [2.75, 3.05) is 31.6 Å². The fraction of sp³-hybridized carbons (Fsp3) is 0.357. The molecule has 0 atom stereocenters. The van der Waals surface area contributed by atoms with E-state index in [4.69, 9.17) is 38.5 Å². The van der Waals surface area contributed by atoms with Gasteiger partial charge in [0.1, 0.15) is 19.0 Å². The molecule has 10 nitrogen and oxygen atoms in total. The topological polar surface area (TPSA) is 139 Å². The largest absolute Gasteiger partial charge is 0.490 e. The van der Waals surface area contributed by atoms with Crippen molar-refractivity contribution in [1.82, 2.24) is 10.6 Å². The van der Waals surface area contributed by atoms with Gasteiger partial charge >= 0.3 is 0 Å². The van der Waals surface area contributed by atoms with E-state index in [2.05, 4.69) is 32.2 Å². The molecule has 4 bridgehead atoms. The molecule has 214 valence electrons. The van der Waals surface area contributed by atoms with Crippen molar-refractivity contribution < 1.29 is 19.2 Å². The number of aliphatic imine (C=N–C) groups is 1. The SMILES string of the molecule is CCO/N=C1/CC(=O)NC(N)=NCc2cc(Cl)c(c(Cl)c2)NC(=O)CNCCCC/C=C/COc2ccc1cc2. The minimum atomic E-state index is -0.412. The van der Waals surface area contributed by atoms with Crippen LogP contribution in [0.25, 0.3) is 0 Å². The second-order valence-electron chi connectivity index (χ2n) is 8.84. The zero-order valence-electron chi connectivity index (χ0n) is 22.3. The predicted molar refractivity (Wildman–Crippen MR) is 159 cm³/mol. The number of allylic oxidation sites excluding steroid dienone is 1. The summed E-state index contributed by atoms with van der Waals surface area (Å²) in [4.78, 5) is 34.5. The Kier molecular flexibility index (Phi) is 12.8. The number of nitrogens with two attached hydrogens (primary N) is 1. The van der Waals surface area contributed by atoms with Crippen LogP contribution in [-0.4, -0.2) is 49.8 Å². The van der Waals surface area contributed by atoms with E-state index in [1.807, 2.05) is 30.3 Å². The molecule has 0 saturated heterocycles. The number of oxime groups is 1. The highest BCUT2D eigenvalue weighted by Crippen LogP contribution is 2.32. The summed E-state index contributed by atoms with van der Waals surface area (Å²) in [5.41, 5.74) is 8.06. The smallest absolute Gasteiger partial charge is 0.238 e. The number of benzene rings is 2. The fourth-order valence-electron chi connectivity index (χ4n) is 3.69. The molecule has 0 aromatic heterocycles. The highest BCUT2D eigenvalue weighted by Gasteiger charge is 2.14. The number of hydrogen-bond donors (Lipinski definition) is 4. The van der Waals surface area contributed by atoms with Crippen LogP contribution in [0, 0.1) is 0 Å². The molecule has 2 aromatic carbocycles. The summed E-state index contributed by atoms with van der Waals surface area (Å²) in [7, 11) is 0. The summed E-state index contributed by atoms with van der Waals surface area (Å²) in [6, 6.07) is 10.5. The van der Waals surface area contributed by atoms with Crippen LogP contribution in [0.4, 0.5) is 5.69 Å². The lowest BCUT2D eigenvalue weighted by atomic mass is 10.1. The molecule has 3 aliphatic heterocycles. The van der Waals surface area contributed by atoms with Crippen molar-refractivity contribution in [3.63, 3.8) is 0 Å². The average Bonchev–Trinajstić information content (AvgIpc) is 2.92. The number of anilines is 1. The number of guanidine groups is 1. The molecule has 3 heterocycles. The number of nitrogens with one attached hydrogen (secondary N) is 3. The molecular formula is C28H34Cl2N6O4. The van der Waals surface area contributed by atoms with Gasteiger partial charge < -0.3 is 25.9 Å². The molecule has 5 rings (SSSR count). The van der Waals surface area contributed by atoms with Crippen LogP contribution in [0.5, 0.6) is 5.75 Å². The second kappa shape index (κ2) is 16.5. The van der Waals surface area contributed by atoms with Crippen LogP contribution < -0.4 is 26.4 Å². The Balaban J connectivity index is 1.77. The van der Waals surface area contributed by atoms with E-state index in [0.717, 1.165) is 19.3 Å². The summed E-state index contributed by atoms with van der Waals surface area (Å²) >= 11 is 12.7. The second-order valence-corrected chi connectivity index (χ2v) is 9.66. The first-order valence-corrected chi connectivity index (χ1v) is 13.8. The highest BCUT2D eigenvalue weighted by atomic mass is 35.5. The average molecular weight is 590 g/mol. The molecular weight excluding hydrogens is 555 g/mol. The molecule has 5 N–H and O–H groups in total. The maximum Gasteiger partial charge on any atom is 0.238 e. The summed E-state index contributed by atoms with van der Waals surface area (Å²) in [5.74, 6) is -0.0510. The molecule has 2 aromatic rings. The number of hydrogen-bond acceptors (Lipinski definition) is 8. The van der Waals surface area contributed by atoms with Gasteiger partial charge in [0.2, 0.25) is 11.8 Å². The molecule has 0 fully saturated rings. The minimum Gasteiger partial charge on any atom is -0.490 e. The molecule has 0 aliphatic carbocycles. The quantitative estimate of drug-likeness (QED) is 0.303. The van der Waals surface area contributed by atoms with Crippen LogP contribution in [0.3, 0.4) is 0 Å². The van der Waals surface area contributed by atoms with E-state index >= 15 is 0 Å². The Hall–Kier alpha value is -3.60. The molecule has 12 heteroatoms. The van der Waals surface area contributed by atoms with Crippen LogP contribution in [0.1, 0.15) is 43.7 Å². The van der Waals surface area contributed by atoms with Crippen LogP contribution >= 0.6 is 23.2 Å². The maximum atomic E-state index is 12.7. The molecule has 2 amide bonds. The maximum absolute atomic E-state index is 12.7. The monoisotopic (exact) mass is 588 g/mol. The van der Waals surface area contributed by atoms with Crippen molar-refractivity contribution in [3.8, 4) is 5.75 Å². The van der Waals surface area contributed by atoms with E-state index in [1.165, 1.54) is 0 Å². The third kappa shape index (κ3) is 10.5. The van der Waals surface area contributed by atoms with Crippen LogP contribution in [0.15, 0.2) is 58.7 Å². The summed E-state index contributed by atoms with van der Waals surface area (Å²) in [6.07, 6.45) is 6.76. The Morgan fingerprint density at radius 2 is 1.80 bits per heavy atom. The lowest BCUT2D eigenvalue weighted by Gasteiger charge is -2.12. The van der Waals surface area contributed by atoms with Gasteiger partial charge in [-0.15, -0.1) is 0 Å². The molecule has 0 unspecified atom stereocenters. The van der Waals surface area contributed by atoms with Gasteiger partial charge in [0, 0.05) is 5.56 Å². The van der Waals surface area contributed by atoms with Crippen molar-refractivity contribution in [3.05, 3.63) is 69.7 Å². The lowest BCUT2D eigenvalue weighted by molar-refractivity contribution is -0.118. The Morgan fingerprint density at radius 1 is 1.05 bits per heavy atom. The van der Waals surface area contributed by atoms with E-state index in [-0.39, 0.29) is 41.4 Å². The minimum absolute atomic E-state index is 0.0781. The first kappa shape index (κ1) is 30.9. The van der Waals surface area contributed by atoms with Gasteiger partial charge in [0.25, 0.3) is 0 Å². The first-order chi connectivity index (χ1) is 19.4. The lowest BCUT2D eigenvalue weighted by Crippen LogP contribution is -2.37. The summed E-state index contributed by atoms with van der Waals surface area (Å²) in [6.45, 7) is 3.54. The Bertz CT molecular complexity index is 1220. The number of carbonyl (C=O) groups excluding carboxylic acids is 2. The zero-order valence-corrected chi connectivity index (χ0v) is 23.9. The van der Waals surface area contributed by atoms with Crippen molar-refractivity contribution in [2.24, 2.45) is 15.9 Å². The van der Waals surface area contributed by atoms with E-state index < -0.39 is 5.91 Å². The van der Waals surface area contributed by atoms with Gasteiger partial charge in [0.05, 0.1) is 41.0 Å². The van der Waals surface area contributed by atoms with E-state index in [9.17, 15) is 9.59 Å². The van der Waals surface area contributed by atoms with Crippen molar-refractivity contribution >= 4 is 52.4 Å². The number of amides is 2. The van der Waals surface area contributed by atoms with Gasteiger partial charge in [-0.25, -0.2) is 4.99 Å². The van der Waals surface area contributed by atoms with E-state index in [0.29, 0.717) is 48.0 Å². The normalized spacial score (nSPS) is 18.3. The number of fused-ring (bicyclic) bond motifs is 2. The molecule has 0 saturated carbocycles. The summed E-state index contributed by atoms with van der Waals surface area (Å²) < 4.78 is 5.77. The van der Waals surface area contributed by atoms with Gasteiger partial charge in [-0.1, -0.05) is 40.5 Å². The third-order valence-corrected chi connectivity index (χ3v) is 6.25. The van der Waals surface area contributed by atoms with Crippen molar-refractivity contribution in [1.29, 1.82) is 0 Å². The number of carbonyl (C=O) groups is 2. The van der Waals surface area contributed by atoms with Crippen molar-refractivity contribution in [2.45, 2.75) is 39.2 Å². The molecule has 0 radical (unpaired) electrons.